The van der Waals surface area contributed by atoms with Gasteiger partial charge in [0.15, 0.2) is 0 Å². The molecule has 3 unspecified atom stereocenters. The molecular formula is C19H23NO2S. The first-order valence-corrected chi connectivity index (χ1v) is 9.77. The smallest absolute Gasteiger partial charge is 0.223 e. The summed E-state index contributed by atoms with van der Waals surface area (Å²) in [6, 6.07) is 8.52. The van der Waals surface area contributed by atoms with Crippen LogP contribution in [0, 0.1) is 17.8 Å². The zero-order valence-electron chi connectivity index (χ0n) is 13.3. The molecule has 3 aliphatic rings. The minimum atomic E-state index is 0.0322. The number of ketones is 1. The molecule has 3 atom stereocenters. The summed E-state index contributed by atoms with van der Waals surface area (Å²) >= 11 is 1.87. The number of rotatable bonds is 2. The fourth-order valence-electron chi connectivity index (χ4n) is 4.48. The third kappa shape index (κ3) is 2.93. The highest BCUT2D eigenvalue weighted by atomic mass is 32.2. The summed E-state index contributed by atoms with van der Waals surface area (Å²) in [7, 11) is 0. The van der Waals surface area contributed by atoms with Crippen LogP contribution in [0.15, 0.2) is 29.2 Å². The standard InChI is InChI=1S/C19H23NO2S/c21-18-12-4-3-5-13(18)11-14(10-12)19(22)20-16-8-9-23-17-7-2-1-6-15(16)17/h1-2,6-7,12-14,16H,3-5,8-11H2,(H,20,22). The molecule has 2 saturated carbocycles. The Bertz CT molecular complexity index is 614. The van der Waals surface area contributed by atoms with E-state index in [1.54, 1.807) is 0 Å². The van der Waals surface area contributed by atoms with Crippen LogP contribution in [-0.4, -0.2) is 17.4 Å². The van der Waals surface area contributed by atoms with Crippen molar-refractivity contribution in [2.45, 2.75) is 49.5 Å². The Hall–Kier alpha value is -1.29. The number of hydrogen-bond donors (Lipinski definition) is 1. The van der Waals surface area contributed by atoms with E-state index in [9.17, 15) is 9.59 Å². The summed E-state index contributed by atoms with van der Waals surface area (Å²) in [6.45, 7) is 0. The lowest BCUT2D eigenvalue weighted by atomic mass is 9.67. The van der Waals surface area contributed by atoms with Crippen LogP contribution in [0.25, 0.3) is 0 Å². The zero-order valence-corrected chi connectivity index (χ0v) is 14.1. The molecule has 0 radical (unpaired) electrons. The molecule has 4 rings (SSSR count). The van der Waals surface area contributed by atoms with Crippen molar-refractivity contribution < 1.29 is 9.59 Å². The lowest BCUT2D eigenvalue weighted by molar-refractivity contribution is -0.138. The summed E-state index contributed by atoms with van der Waals surface area (Å²) in [5.41, 5.74) is 1.25. The topological polar surface area (TPSA) is 46.2 Å². The third-order valence-corrected chi connectivity index (χ3v) is 6.82. The first-order chi connectivity index (χ1) is 11.2. The van der Waals surface area contributed by atoms with Crippen LogP contribution in [-0.2, 0) is 9.59 Å². The molecule has 1 N–H and O–H groups in total. The average molecular weight is 329 g/mol. The van der Waals surface area contributed by atoms with Crippen molar-refractivity contribution in [2.75, 3.05) is 5.75 Å². The molecular weight excluding hydrogens is 306 g/mol. The van der Waals surface area contributed by atoms with Crippen molar-refractivity contribution in [3.8, 4) is 0 Å². The van der Waals surface area contributed by atoms with Gasteiger partial charge >= 0.3 is 0 Å². The molecule has 2 aliphatic carbocycles. The van der Waals surface area contributed by atoms with Crippen molar-refractivity contribution in [3.05, 3.63) is 29.8 Å². The Morgan fingerprint density at radius 1 is 1.09 bits per heavy atom. The van der Waals surface area contributed by atoms with Gasteiger partial charge in [0.25, 0.3) is 0 Å². The number of amides is 1. The van der Waals surface area contributed by atoms with Gasteiger partial charge in [0, 0.05) is 28.4 Å². The number of Topliss-reactive ketones (excluding diaryl/α,β-unsaturated/α-hetero) is 1. The van der Waals surface area contributed by atoms with E-state index in [2.05, 4.69) is 23.5 Å². The number of carbonyl (C=O) groups excluding carboxylic acids is 2. The Labute approximate surface area is 141 Å². The van der Waals surface area contributed by atoms with Gasteiger partial charge in [0.05, 0.1) is 6.04 Å². The van der Waals surface area contributed by atoms with Crippen LogP contribution in [0.1, 0.15) is 50.1 Å². The Kier molecular flexibility index (Phi) is 4.18. The van der Waals surface area contributed by atoms with Crippen molar-refractivity contribution >= 4 is 23.5 Å². The monoisotopic (exact) mass is 329 g/mol. The lowest BCUT2D eigenvalue weighted by Gasteiger charge is -2.37. The number of benzene rings is 1. The number of carbonyl (C=O) groups is 2. The summed E-state index contributed by atoms with van der Waals surface area (Å²) in [4.78, 5) is 26.3. The normalized spacial score (nSPS) is 33.0. The third-order valence-electron chi connectivity index (χ3n) is 5.69. The van der Waals surface area contributed by atoms with Crippen LogP contribution in [0.5, 0.6) is 0 Å². The van der Waals surface area contributed by atoms with Gasteiger partial charge < -0.3 is 5.32 Å². The first-order valence-electron chi connectivity index (χ1n) is 8.78. The average Bonchev–Trinajstić information content (AvgIpc) is 2.55. The first kappa shape index (κ1) is 15.3. The molecule has 0 saturated heterocycles. The highest BCUT2D eigenvalue weighted by Gasteiger charge is 2.41. The van der Waals surface area contributed by atoms with E-state index in [1.165, 1.54) is 10.5 Å². The van der Waals surface area contributed by atoms with Crippen molar-refractivity contribution in [3.63, 3.8) is 0 Å². The molecule has 122 valence electrons. The largest absolute Gasteiger partial charge is 0.349 e. The van der Waals surface area contributed by atoms with E-state index in [-0.39, 0.29) is 29.7 Å². The molecule has 0 aromatic heterocycles. The Morgan fingerprint density at radius 3 is 2.61 bits per heavy atom. The van der Waals surface area contributed by atoms with Gasteiger partial charge in [-0.15, -0.1) is 11.8 Å². The van der Waals surface area contributed by atoms with Gasteiger partial charge in [-0.25, -0.2) is 0 Å². The SMILES string of the molecule is O=C(NC1CCSc2ccccc21)C1CC2CCCC(C1)C2=O. The van der Waals surface area contributed by atoms with Crippen LogP contribution in [0.4, 0.5) is 0 Å². The maximum Gasteiger partial charge on any atom is 0.223 e. The van der Waals surface area contributed by atoms with Crippen LogP contribution >= 0.6 is 11.8 Å². The molecule has 2 fully saturated rings. The predicted molar refractivity (Wildman–Crippen MR) is 91.2 cm³/mol. The number of hydrogen-bond acceptors (Lipinski definition) is 3. The molecule has 1 aromatic rings. The van der Waals surface area contributed by atoms with E-state index in [4.69, 9.17) is 0 Å². The highest BCUT2D eigenvalue weighted by molar-refractivity contribution is 7.99. The van der Waals surface area contributed by atoms with Gasteiger partial charge in [0.2, 0.25) is 5.91 Å². The highest BCUT2D eigenvalue weighted by Crippen LogP contribution is 2.41. The van der Waals surface area contributed by atoms with Gasteiger partial charge in [-0.1, -0.05) is 24.6 Å². The maximum atomic E-state index is 12.8. The molecule has 4 heteroatoms. The molecule has 3 nitrogen and oxygen atoms in total. The van der Waals surface area contributed by atoms with E-state index in [0.717, 1.165) is 44.3 Å². The summed E-state index contributed by atoms with van der Waals surface area (Å²) in [6.07, 6.45) is 5.66. The fourth-order valence-corrected chi connectivity index (χ4v) is 5.60. The van der Waals surface area contributed by atoms with Crippen molar-refractivity contribution in [2.24, 2.45) is 17.8 Å². The van der Waals surface area contributed by atoms with Crippen molar-refractivity contribution in [1.82, 2.24) is 5.32 Å². The number of nitrogens with one attached hydrogen (secondary N) is 1. The maximum absolute atomic E-state index is 12.8. The van der Waals surface area contributed by atoms with E-state index in [0.29, 0.717) is 5.78 Å². The van der Waals surface area contributed by atoms with E-state index < -0.39 is 0 Å². The Morgan fingerprint density at radius 2 is 1.83 bits per heavy atom. The molecule has 23 heavy (non-hydrogen) atoms. The second-order valence-electron chi connectivity index (χ2n) is 7.13. The summed E-state index contributed by atoms with van der Waals surface area (Å²) in [5.74, 6) is 1.97. The predicted octanol–water partition coefficient (Wildman–Crippen LogP) is 3.74. The summed E-state index contributed by atoms with van der Waals surface area (Å²) < 4.78 is 0. The second-order valence-corrected chi connectivity index (χ2v) is 8.27. The molecule has 2 bridgehead atoms. The van der Waals surface area contributed by atoms with Gasteiger partial charge in [0.1, 0.15) is 5.78 Å². The molecule has 1 heterocycles. The van der Waals surface area contributed by atoms with E-state index in [1.807, 2.05) is 17.8 Å². The minimum Gasteiger partial charge on any atom is -0.349 e. The van der Waals surface area contributed by atoms with Gasteiger partial charge in [-0.05, 0) is 43.7 Å². The number of fused-ring (bicyclic) bond motifs is 3. The van der Waals surface area contributed by atoms with Crippen LogP contribution in [0.3, 0.4) is 0 Å². The molecule has 1 aromatic carbocycles. The van der Waals surface area contributed by atoms with Crippen molar-refractivity contribution in [1.29, 1.82) is 0 Å². The molecule has 1 aliphatic heterocycles. The zero-order chi connectivity index (χ0) is 15.8. The second kappa shape index (κ2) is 6.31. The van der Waals surface area contributed by atoms with Gasteiger partial charge in [-0.2, -0.15) is 0 Å². The van der Waals surface area contributed by atoms with Crippen LogP contribution in [0.2, 0.25) is 0 Å². The molecule has 1 amide bonds. The van der Waals surface area contributed by atoms with Crippen LogP contribution < -0.4 is 5.32 Å². The number of thioether (sulfide) groups is 1. The fraction of sp³-hybridized carbons (Fsp3) is 0.579. The Balaban J connectivity index is 1.46. The quantitative estimate of drug-likeness (QED) is 0.899. The lowest BCUT2D eigenvalue weighted by Crippen LogP contribution is -2.43. The minimum absolute atomic E-state index is 0.0322. The summed E-state index contributed by atoms with van der Waals surface area (Å²) in [5, 5.41) is 3.29. The molecule has 0 spiro atoms. The van der Waals surface area contributed by atoms with Gasteiger partial charge in [-0.3, -0.25) is 9.59 Å². The van der Waals surface area contributed by atoms with E-state index >= 15 is 0 Å².